The maximum Gasteiger partial charge on any atom is 0.260 e. The second-order valence-corrected chi connectivity index (χ2v) is 13.0. The molecular formula is C27H28N4O3S3. The summed E-state index contributed by atoms with van der Waals surface area (Å²) in [5, 5.41) is 0.587. The van der Waals surface area contributed by atoms with Crippen molar-refractivity contribution < 1.29 is 13.2 Å². The molecule has 4 aromatic rings. The molecule has 0 spiro atoms. The number of benzene rings is 2. The third-order valence-corrected chi connectivity index (χ3v) is 10.2. The Balaban J connectivity index is 1.47. The van der Waals surface area contributed by atoms with E-state index in [0.29, 0.717) is 36.2 Å². The smallest absolute Gasteiger partial charge is 0.260 e. The van der Waals surface area contributed by atoms with Gasteiger partial charge in [0.1, 0.15) is 0 Å². The summed E-state index contributed by atoms with van der Waals surface area (Å²) in [5.74, 6) is 0.0926. The van der Waals surface area contributed by atoms with E-state index in [1.165, 1.54) is 23.5 Å². The number of nitrogens with zero attached hydrogens (tertiary/aromatic N) is 4. The second kappa shape index (κ2) is 10.9. The molecule has 0 N–H and O–H groups in total. The fraction of sp³-hybridized carbons (Fsp3) is 0.296. The van der Waals surface area contributed by atoms with Crippen molar-refractivity contribution in [2.45, 2.75) is 36.1 Å². The molecule has 2 aromatic heterocycles. The van der Waals surface area contributed by atoms with Crippen LogP contribution in [-0.2, 0) is 16.6 Å². The van der Waals surface area contributed by atoms with Crippen LogP contribution in [0.2, 0.25) is 0 Å². The van der Waals surface area contributed by atoms with Crippen LogP contribution in [-0.4, -0.2) is 47.9 Å². The number of carbonyl (C=O) groups is 1. The molecule has 7 nitrogen and oxygen atoms in total. The summed E-state index contributed by atoms with van der Waals surface area (Å²) >= 11 is 3.08. The lowest BCUT2D eigenvalue weighted by molar-refractivity contribution is 0.0985. The Morgan fingerprint density at radius 3 is 2.68 bits per heavy atom. The van der Waals surface area contributed by atoms with Crippen LogP contribution in [0.15, 0.2) is 76.8 Å². The predicted octanol–water partition coefficient (Wildman–Crippen LogP) is 5.68. The van der Waals surface area contributed by atoms with E-state index in [0.717, 1.165) is 33.5 Å². The largest absolute Gasteiger partial charge is 0.279 e. The Kier molecular flexibility index (Phi) is 7.62. The summed E-state index contributed by atoms with van der Waals surface area (Å²) < 4.78 is 28.9. The first kappa shape index (κ1) is 25.8. The molecule has 0 saturated carbocycles. The van der Waals surface area contributed by atoms with Gasteiger partial charge < -0.3 is 0 Å². The van der Waals surface area contributed by atoms with Crippen molar-refractivity contribution in [3.63, 3.8) is 0 Å². The van der Waals surface area contributed by atoms with E-state index in [-0.39, 0.29) is 10.8 Å². The second-order valence-electron chi connectivity index (χ2n) is 9.19. The lowest BCUT2D eigenvalue weighted by Gasteiger charge is -2.30. The molecule has 0 bridgehead atoms. The first-order chi connectivity index (χ1) is 17.9. The predicted molar refractivity (Wildman–Crippen MR) is 150 cm³/mol. The highest BCUT2D eigenvalue weighted by Gasteiger charge is 2.29. The van der Waals surface area contributed by atoms with Crippen molar-refractivity contribution in [3.8, 4) is 0 Å². The molecule has 0 radical (unpaired) electrons. The van der Waals surface area contributed by atoms with E-state index in [1.807, 2.05) is 36.6 Å². The summed E-state index contributed by atoms with van der Waals surface area (Å²) in [6, 6.07) is 16.0. The van der Waals surface area contributed by atoms with Crippen molar-refractivity contribution in [2.24, 2.45) is 5.92 Å². The first-order valence-electron chi connectivity index (χ1n) is 12.1. The van der Waals surface area contributed by atoms with Gasteiger partial charge in [0.15, 0.2) is 5.13 Å². The van der Waals surface area contributed by atoms with E-state index in [1.54, 1.807) is 45.5 Å². The lowest BCUT2D eigenvalue weighted by Crippen LogP contribution is -2.39. The van der Waals surface area contributed by atoms with Gasteiger partial charge in [0.05, 0.1) is 21.7 Å². The van der Waals surface area contributed by atoms with Gasteiger partial charge in [-0.15, -0.1) is 11.8 Å². The molecule has 0 aliphatic carbocycles. The molecule has 1 saturated heterocycles. The molecule has 1 fully saturated rings. The van der Waals surface area contributed by atoms with Crippen LogP contribution in [0.1, 0.15) is 35.7 Å². The Morgan fingerprint density at radius 1 is 1.16 bits per heavy atom. The standard InChI is InChI=1S/C27H28N4O3S3/c1-19-6-5-15-30(17-19)37(33,34)22-12-10-21(11-13-22)26(32)31(18-20-7-4-14-28-16-20)27-29-25-23(35-2)8-3-9-24(25)36-27/h3-4,7-14,16,19H,5-6,15,17-18H2,1-2H3. The van der Waals surface area contributed by atoms with Crippen LogP contribution in [0.3, 0.4) is 0 Å². The van der Waals surface area contributed by atoms with Crippen molar-refractivity contribution in [2.75, 3.05) is 24.2 Å². The van der Waals surface area contributed by atoms with Crippen molar-refractivity contribution in [3.05, 3.63) is 78.1 Å². The SMILES string of the molecule is CSc1cccc2sc(N(Cc3cccnc3)C(=O)c3ccc(S(=O)(=O)N4CCCC(C)C4)cc3)nc12. The molecule has 1 aliphatic heterocycles. The number of carbonyl (C=O) groups excluding carboxylic acids is 1. The van der Waals surface area contributed by atoms with Crippen LogP contribution < -0.4 is 4.90 Å². The third-order valence-electron chi connectivity index (χ3n) is 6.49. The number of thioether (sulfide) groups is 1. The van der Waals surface area contributed by atoms with Gasteiger partial charge in [-0.3, -0.25) is 14.7 Å². The number of hydrogen-bond donors (Lipinski definition) is 0. The zero-order valence-electron chi connectivity index (χ0n) is 20.7. The van der Waals surface area contributed by atoms with Crippen molar-refractivity contribution >= 4 is 54.4 Å². The fourth-order valence-corrected chi connectivity index (χ4v) is 7.75. The van der Waals surface area contributed by atoms with Gasteiger partial charge in [0.2, 0.25) is 10.0 Å². The number of hydrogen-bond acceptors (Lipinski definition) is 7. The quantitative estimate of drug-likeness (QED) is 0.274. The van der Waals surface area contributed by atoms with Crippen molar-refractivity contribution in [1.82, 2.24) is 14.3 Å². The summed E-state index contributed by atoms with van der Waals surface area (Å²) in [4.78, 5) is 25.7. The van der Waals surface area contributed by atoms with E-state index >= 15 is 0 Å². The lowest BCUT2D eigenvalue weighted by atomic mass is 10.0. The molecule has 1 aliphatic rings. The number of piperidine rings is 1. The van der Waals surface area contributed by atoms with Gasteiger partial charge in [-0.25, -0.2) is 13.4 Å². The molecule has 192 valence electrons. The topological polar surface area (TPSA) is 83.5 Å². The first-order valence-corrected chi connectivity index (χ1v) is 15.6. The number of sulfonamides is 1. The van der Waals surface area contributed by atoms with E-state index < -0.39 is 10.0 Å². The molecule has 1 atom stereocenters. The Morgan fingerprint density at radius 2 is 1.97 bits per heavy atom. The van der Waals surface area contributed by atoms with Gasteiger partial charge in [0, 0.05) is 35.9 Å². The molecule has 5 rings (SSSR count). The summed E-state index contributed by atoms with van der Waals surface area (Å²) in [5.41, 5.74) is 2.15. The normalized spacial score (nSPS) is 16.6. The Hall–Kier alpha value is -2.79. The van der Waals surface area contributed by atoms with Crippen LogP contribution in [0, 0.1) is 5.92 Å². The maximum absolute atomic E-state index is 13.8. The number of thiazole rings is 1. The average Bonchev–Trinajstić information content (AvgIpc) is 3.36. The highest BCUT2D eigenvalue weighted by atomic mass is 32.2. The Bertz CT molecular complexity index is 1510. The molecule has 10 heteroatoms. The van der Waals surface area contributed by atoms with Gasteiger partial charge >= 0.3 is 0 Å². The molecular weight excluding hydrogens is 525 g/mol. The van der Waals surface area contributed by atoms with Gasteiger partial charge in [-0.1, -0.05) is 30.4 Å². The van der Waals surface area contributed by atoms with E-state index in [4.69, 9.17) is 4.98 Å². The number of amides is 1. The van der Waals surface area contributed by atoms with Crippen LogP contribution >= 0.6 is 23.1 Å². The van der Waals surface area contributed by atoms with Crippen molar-refractivity contribution in [1.29, 1.82) is 0 Å². The summed E-state index contributed by atoms with van der Waals surface area (Å²) in [6.45, 7) is 3.43. The number of fused-ring (bicyclic) bond motifs is 1. The zero-order chi connectivity index (χ0) is 26.0. The zero-order valence-corrected chi connectivity index (χ0v) is 23.2. The Labute approximate surface area is 225 Å². The average molecular weight is 553 g/mol. The maximum atomic E-state index is 13.8. The minimum absolute atomic E-state index is 0.210. The molecule has 37 heavy (non-hydrogen) atoms. The number of anilines is 1. The minimum atomic E-state index is -3.60. The molecule has 1 amide bonds. The number of rotatable bonds is 7. The highest BCUT2D eigenvalue weighted by Crippen LogP contribution is 2.35. The van der Waals surface area contributed by atoms with Gasteiger partial charge in [-0.2, -0.15) is 4.31 Å². The monoisotopic (exact) mass is 552 g/mol. The van der Waals surface area contributed by atoms with Crippen LogP contribution in [0.4, 0.5) is 5.13 Å². The summed E-state index contributed by atoms with van der Waals surface area (Å²) in [7, 11) is -3.60. The highest BCUT2D eigenvalue weighted by molar-refractivity contribution is 7.98. The molecule has 3 heterocycles. The number of para-hydroxylation sites is 1. The fourth-order valence-electron chi connectivity index (χ4n) is 4.53. The number of aromatic nitrogens is 2. The van der Waals surface area contributed by atoms with E-state index in [9.17, 15) is 13.2 Å². The van der Waals surface area contributed by atoms with Gasteiger partial charge in [-0.05, 0) is 73.0 Å². The molecule has 1 unspecified atom stereocenters. The number of pyridine rings is 1. The van der Waals surface area contributed by atoms with Gasteiger partial charge in [0.25, 0.3) is 5.91 Å². The molecule has 2 aromatic carbocycles. The minimum Gasteiger partial charge on any atom is -0.279 e. The summed E-state index contributed by atoms with van der Waals surface area (Å²) in [6.07, 6.45) is 7.33. The third kappa shape index (κ3) is 5.43. The van der Waals surface area contributed by atoms with Crippen LogP contribution in [0.5, 0.6) is 0 Å². The van der Waals surface area contributed by atoms with Crippen LogP contribution in [0.25, 0.3) is 10.2 Å². The van der Waals surface area contributed by atoms with E-state index in [2.05, 4.69) is 11.9 Å².